The third kappa shape index (κ3) is 3.56. The summed E-state index contributed by atoms with van der Waals surface area (Å²) in [5.41, 5.74) is 0.572. The minimum absolute atomic E-state index is 0.0509. The first kappa shape index (κ1) is 18.3. The van der Waals surface area contributed by atoms with Crippen molar-refractivity contribution in [1.29, 1.82) is 0 Å². The highest BCUT2D eigenvalue weighted by molar-refractivity contribution is 7.90. The molecule has 0 aliphatic rings. The molecule has 7 nitrogen and oxygen atoms in total. The van der Waals surface area contributed by atoms with Crippen molar-refractivity contribution in [1.82, 2.24) is 4.57 Å². The van der Waals surface area contributed by atoms with Gasteiger partial charge in [0.2, 0.25) is 14.8 Å². The van der Waals surface area contributed by atoms with Crippen LogP contribution in [0.15, 0.2) is 62.7 Å². The van der Waals surface area contributed by atoms with Crippen molar-refractivity contribution in [3.8, 4) is 12.3 Å². The molecule has 0 spiro atoms. The van der Waals surface area contributed by atoms with Crippen molar-refractivity contribution in [3.05, 3.63) is 53.3 Å². The SMILES string of the molecule is C#CCn1c(=NS(=O)(=O)c2ccccc2)sc2cc(S(N)(=O)=O)ccc21. The summed E-state index contributed by atoms with van der Waals surface area (Å²) in [5, 5.41) is 5.15. The van der Waals surface area contributed by atoms with Crippen molar-refractivity contribution in [2.24, 2.45) is 9.54 Å². The molecule has 3 aromatic rings. The maximum atomic E-state index is 12.5. The van der Waals surface area contributed by atoms with Gasteiger partial charge in [-0.25, -0.2) is 13.6 Å². The average Bonchev–Trinajstić information content (AvgIpc) is 2.91. The van der Waals surface area contributed by atoms with Gasteiger partial charge in [-0.1, -0.05) is 35.5 Å². The highest BCUT2D eigenvalue weighted by Crippen LogP contribution is 2.22. The molecule has 1 aromatic heterocycles. The quantitative estimate of drug-likeness (QED) is 0.657. The molecular weight excluding hydrogens is 394 g/mol. The minimum Gasteiger partial charge on any atom is -0.304 e. The van der Waals surface area contributed by atoms with Crippen molar-refractivity contribution >= 4 is 41.6 Å². The number of terminal acetylenes is 1. The lowest BCUT2D eigenvalue weighted by Crippen LogP contribution is -2.16. The molecule has 0 saturated heterocycles. The Morgan fingerprint density at radius 3 is 2.38 bits per heavy atom. The first-order valence-corrected chi connectivity index (χ1v) is 11.0. The van der Waals surface area contributed by atoms with E-state index in [9.17, 15) is 16.8 Å². The number of aromatic nitrogens is 1. The maximum Gasteiger partial charge on any atom is 0.285 e. The zero-order valence-corrected chi connectivity index (χ0v) is 15.7. The molecule has 0 fully saturated rings. The Kier molecular flexibility index (Phi) is 4.72. The molecule has 134 valence electrons. The number of primary sulfonamides is 1. The molecule has 26 heavy (non-hydrogen) atoms. The van der Waals surface area contributed by atoms with Gasteiger partial charge in [0, 0.05) is 0 Å². The highest BCUT2D eigenvalue weighted by atomic mass is 32.2. The lowest BCUT2D eigenvalue weighted by atomic mass is 10.3. The van der Waals surface area contributed by atoms with E-state index >= 15 is 0 Å². The van der Waals surface area contributed by atoms with Crippen LogP contribution >= 0.6 is 11.3 Å². The summed E-state index contributed by atoms with van der Waals surface area (Å²) in [4.78, 5) is 0.125. The molecule has 0 amide bonds. The second-order valence-corrected chi connectivity index (χ2v) is 9.40. The van der Waals surface area contributed by atoms with E-state index in [0.29, 0.717) is 10.2 Å². The number of rotatable bonds is 4. The van der Waals surface area contributed by atoms with Gasteiger partial charge in [-0.05, 0) is 30.3 Å². The molecule has 10 heteroatoms. The van der Waals surface area contributed by atoms with Crippen LogP contribution in [0.4, 0.5) is 0 Å². The number of nitrogens with zero attached hydrogens (tertiary/aromatic N) is 2. The number of sulfonamides is 2. The van der Waals surface area contributed by atoms with Crippen LogP contribution in [0.2, 0.25) is 0 Å². The third-order valence-corrected chi connectivity index (χ3v) is 6.82. The molecule has 0 saturated carbocycles. The summed E-state index contributed by atoms with van der Waals surface area (Å²) in [6.07, 6.45) is 5.38. The second kappa shape index (κ2) is 6.69. The van der Waals surface area contributed by atoms with Crippen LogP contribution in [0.3, 0.4) is 0 Å². The second-order valence-electron chi connectivity index (χ2n) is 5.23. The Hall–Kier alpha value is -2.45. The molecule has 0 unspecified atom stereocenters. The number of nitrogens with two attached hydrogens (primary N) is 1. The standard InChI is InChI=1S/C16H13N3O4S3/c1-2-10-19-14-9-8-13(25(17,20)21)11-15(14)24-16(19)18-26(22,23)12-6-4-3-5-7-12/h1,3-9,11H,10H2,(H2,17,20,21). The first-order chi connectivity index (χ1) is 12.2. The number of benzene rings is 2. The van der Waals surface area contributed by atoms with Gasteiger partial charge in [0.15, 0.2) is 0 Å². The maximum absolute atomic E-state index is 12.5. The predicted molar refractivity (Wildman–Crippen MR) is 99.2 cm³/mol. The van der Waals surface area contributed by atoms with Crippen LogP contribution < -0.4 is 9.94 Å². The van der Waals surface area contributed by atoms with Gasteiger partial charge in [-0.3, -0.25) is 0 Å². The summed E-state index contributed by atoms with van der Waals surface area (Å²) >= 11 is 1.02. The normalized spacial score (nSPS) is 13.0. The number of hydrogen-bond acceptors (Lipinski definition) is 5. The molecule has 0 aliphatic heterocycles. The fraction of sp³-hybridized carbons (Fsp3) is 0.0625. The smallest absolute Gasteiger partial charge is 0.285 e. The average molecular weight is 407 g/mol. The molecule has 0 bridgehead atoms. The third-order valence-electron chi connectivity index (χ3n) is 3.47. The molecule has 3 rings (SSSR count). The van der Waals surface area contributed by atoms with E-state index < -0.39 is 20.0 Å². The Labute approximate surface area is 154 Å². The molecule has 0 aliphatic carbocycles. The summed E-state index contributed by atoms with van der Waals surface area (Å²) in [6, 6.07) is 12.0. The predicted octanol–water partition coefficient (Wildman–Crippen LogP) is 1.27. The lowest BCUT2D eigenvalue weighted by molar-refractivity contribution is 0.595. The van der Waals surface area contributed by atoms with Crippen LogP contribution in [0.1, 0.15) is 0 Å². The Balaban J connectivity index is 2.29. The number of fused-ring (bicyclic) bond motifs is 1. The van der Waals surface area contributed by atoms with Gasteiger partial charge >= 0.3 is 0 Å². The number of thiazole rings is 1. The zero-order chi connectivity index (χ0) is 18.9. The van der Waals surface area contributed by atoms with E-state index in [-0.39, 0.29) is 21.1 Å². The lowest BCUT2D eigenvalue weighted by Gasteiger charge is -2.02. The van der Waals surface area contributed by atoms with E-state index in [1.165, 1.54) is 34.9 Å². The summed E-state index contributed by atoms with van der Waals surface area (Å²) < 4.78 is 54.0. The fourth-order valence-corrected chi connectivity index (χ4v) is 5.20. The van der Waals surface area contributed by atoms with E-state index in [2.05, 4.69) is 10.3 Å². The van der Waals surface area contributed by atoms with Crippen LogP contribution in [0.5, 0.6) is 0 Å². The topological polar surface area (TPSA) is 112 Å². The summed E-state index contributed by atoms with van der Waals surface area (Å²) in [5.74, 6) is 2.44. The molecule has 2 aromatic carbocycles. The zero-order valence-electron chi connectivity index (χ0n) is 13.2. The number of hydrogen-bond donors (Lipinski definition) is 1. The van der Waals surface area contributed by atoms with Crippen LogP contribution in [-0.4, -0.2) is 21.4 Å². The van der Waals surface area contributed by atoms with Crippen LogP contribution in [0.25, 0.3) is 10.2 Å². The van der Waals surface area contributed by atoms with Gasteiger partial charge in [-0.2, -0.15) is 8.42 Å². The molecule has 2 N–H and O–H groups in total. The first-order valence-electron chi connectivity index (χ1n) is 7.18. The van der Waals surface area contributed by atoms with Crippen molar-refractivity contribution in [3.63, 3.8) is 0 Å². The Morgan fingerprint density at radius 2 is 1.77 bits per heavy atom. The largest absolute Gasteiger partial charge is 0.304 e. The summed E-state index contributed by atoms with van der Waals surface area (Å²) in [7, 11) is -7.82. The Morgan fingerprint density at radius 1 is 1.08 bits per heavy atom. The van der Waals surface area contributed by atoms with Gasteiger partial charge in [0.25, 0.3) is 10.0 Å². The molecule has 0 radical (unpaired) electrons. The molecular formula is C16H13N3O4S3. The van der Waals surface area contributed by atoms with E-state index in [1.807, 2.05) is 0 Å². The monoisotopic (exact) mass is 407 g/mol. The van der Waals surface area contributed by atoms with Gasteiger partial charge in [0.05, 0.1) is 26.6 Å². The highest BCUT2D eigenvalue weighted by Gasteiger charge is 2.16. The van der Waals surface area contributed by atoms with E-state index in [4.69, 9.17) is 11.6 Å². The van der Waals surface area contributed by atoms with Crippen LogP contribution in [-0.2, 0) is 26.6 Å². The molecule has 1 heterocycles. The van der Waals surface area contributed by atoms with E-state index in [0.717, 1.165) is 11.3 Å². The van der Waals surface area contributed by atoms with Crippen molar-refractivity contribution in [2.75, 3.05) is 0 Å². The summed E-state index contributed by atoms with van der Waals surface area (Å²) in [6.45, 7) is 0.0812. The van der Waals surface area contributed by atoms with Crippen LogP contribution in [0, 0.1) is 12.3 Å². The van der Waals surface area contributed by atoms with Crippen molar-refractivity contribution < 1.29 is 16.8 Å². The van der Waals surface area contributed by atoms with Gasteiger partial charge < -0.3 is 4.57 Å². The van der Waals surface area contributed by atoms with Gasteiger partial charge in [-0.15, -0.1) is 10.8 Å². The molecule has 0 atom stereocenters. The van der Waals surface area contributed by atoms with Crippen molar-refractivity contribution in [2.45, 2.75) is 16.3 Å². The fourth-order valence-electron chi connectivity index (χ4n) is 2.29. The van der Waals surface area contributed by atoms with E-state index in [1.54, 1.807) is 18.2 Å². The Bertz CT molecular complexity index is 1300. The van der Waals surface area contributed by atoms with Gasteiger partial charge in [0.1, 0.15) is 0 Å². The minimum atomic E-state index is -3.94.